The number of urea groups is 1. The van der Waals surface area contributed by atoms with Crippen LogP contribution in [0, 0.1) is 0 Å². The maximum Gasteiger partial charge on any atom is 0.326 e. The van der Waals surface area contributed by atoms with E-state index >= 15 is 0 Å². The fraction of sp³-hybridized carbons (Fsp3) is 0.174. The van der Waals surface area contributed by atoms with E-state index in [4.69, 9.17) is 0 Å². The van der Waals surface area contributed by atoms with Gasteiger partial charge in [-0.1, -0.05) is 42.5 Å². The Labute approximate surface area is 176 Å². The van der Waals surface area contributed by atoms with E-state index in [1.165, 1.54) is 13.1 Å². The quantitative estimate of drug-likeness (QED) is 0.661. The zero-order valence-corrected chi connectivity index (χ0v) is 17.6. The van der Waals surface area contributed by atoms with Crippen molar-refractivity contribution in [2.45, 2.75) is 24.3 Å². The Balaban J connectivity index is 1.53. The van der Waals surface area contributed by atoms with Crippen LogP contribution in [0.15, 0.2) is 77.7 Å². The molecule has 7 heteroatoms. The van der Waals surface area contributed by atoms with Crippen LogP contribution in [0.5, 0.6) is 0 Å². The zero-order chi connectivity index (χ0) is 21.3. The van der Waals surface area contributed by atoms with Gasteiger partial charge in [0.15, 0.2) is 0 Å². The molecule has 1 aliphatic rings. The van der Waals surface area contributed by atoms with Gasteiger partial charge in [0.2, 0.25) is 10.0 Å². The van der Waals surface area contributed by atoms with Gasteiger partial charge < -0.3 is 5.32 Å². The summed E-state index contributed by atoms with van der Waals surface area (Å²) in [5, 5.41) is 2.95. The molecule has 6 nitrogen and oxygen atoms in total. The SMILES string of the molecule is CNS(=O)(=O)c1ccc2c(c1)CC(C)N2C(=O)Nc1ccc(-c2ccccc2)cc1. The molecular formula is C23H23N3O3S. The highest BCUT2D eigenvalue weighted by atomic mass is 32.2. The van der Waals surface area contributed by atoms with Gasteiger partial charge in [-0.3, -0.25) is 4.90 Å². The molecule has 1 aliphatic heterocycles. The lowest BCUT2D eigenvalue weighted by atomic mass is 10.1. The van der Waals surface area contributed by atoms with Crippen LogP contribution in [0.25, 0.3) is 11.1 Å². The highest BCUT2D eigenvalue weighted by Gasteiger charge is 2.32. The van der Waals surface area contributed by atoms with Crippen molar-refractivity contribution in [2.75, 3.05) is 17.3 Å². The number of amides is 2. The summed E-state index contributed by atoms with van der Waals surface area (Å²) in [5.41, 5.74) is 4.47. The molecule has 0 fully saturated rings. The highest BCUT2D eigenvalue weighted by Crippen LogP contribution is 2.34. The Kier molecular flexibility index (Phi) is 5.32. The number of anilines is 2. The predicted octanol–water partition coefficient (Wildman–Crippen LogP) is 4.24. The van der Waals surface area contributed by atoms with Crippen molar-refractivity contribution < 1.29 is 13.2 Å². The maximum absolute atomic E-state index is 13.0. The molecule has 1 heterocycles. The highest BCUT2D eigenvalue weighted by molar-refractivity contribution is 7.89. The second kappa shape index (κ2) is 7.93. The fourth-order valence-electron chi connectivity index (χ4n) is 3.76. The van der Waals surface area contributed by atoms with Crippen molar-refractivity contribution >= 4 is 27.4 Å². The summed E-state index contributed by atoms with van der Waals surface area (Å²) in [4.78, 5) is 14.8. The normalized spacial score (nSPS) is 15.7. The molecule has 0 aliphatic carbocycles. The van der Waals surface area contributed by atoms with Crippen molar-refractivity contribution in [3.8, 4) is 11.1 Å². The average Bonchev–Trinajstić information content (AvgIpc) is 3.10. The van der Waals surface area contributed by atoms with Crippen LogP contribution < -0.4 is 14.9 Å². The summed E-state index contributed by atoms with van der Waals surface area (Å²) in [6.45, 7) is 1.95. The van der Waals surface area contributed by atoms with Gasteiger partial charge in [0.25, 0.3) is 0 Å². The number of nitrogens with one attached hydrogen (secondary N) is 2. The van der Waals surface area contributed by atoms with Gasteiger partial charge >= 0.3 is 6.03 Å². The van der Waals surface area contributed by atoms with Crippen LogP contribution in [0.4, 0.5) is 16.2 Å². The van der Waals surface area contributed by atoms with Crippen LogP contribution in [-0.4, -0.2) is 27.5 Å². The number of carbonyl (C=O) groups is 1. The topological polar surface area (TPSA) is 78.5 Å². The number of fused-ring (bicyclic) bond motifs is 1. The molecule has 3 aromatic rings. The Bertz CT molecular complexity index is 1180. The Morgan fingerprint density at radius 3 is 2.30 bits per heavy atom. The van der Waals surface area contributed by atoms with Crippen molar-refractivity contribution in [1.82, 2.24) is 4.72 Å². The first-order valence-electron chi connectivity index (χ1n) is 9.71. The molecule has 30 heavy (non-hydrogen) atoms. The molecule has 3 aromatic carbocycles. The average molecular weight is 422 g/mol. The number of rotatable bonds is 4. The number of hydrogen-bond donors (Lipinski definition) is 2. The van der Waals surface area contributed by atoms with Gasteiger partial charge in [0.1, 0.15) is 0 Å². The van der Waals surface area contributed by atoms with Crippen LogP contribution >= 0.6 is 0 Å². The number of sulfonamides is 1. The number of carbonyl (C=O) groups excluding carboxylic acids is 1. The first-order valence-corrected chi connectivity index (χ1v) is 11.2. The molecule has 0 saturated carbocycles. The van der Waals surface area contributed by atoms with Gasteiger partial charge in [-0.15, -0.1) is 0 Å². The van der Waals surface area contributed by atoms with E-state index in [0.29, 0.717) is 12.1 Å². The lowest BCUT2D eigenvalue weighted by Crippen LogP contribution is -2.39. The number of nitrogens with zero attached hydrogens (tertiary/aromatic N) is 1. The van der Waals surface area contributed by atoms with Gasteiger partial charge in [0, 0.05) is 17.4 Å². The van der Waals surface area contributed by atoms with E-state index in [1.807, 2.05) is 61.5 Å². The first-order chi connectivity index (χ1) is 14.4. The minimum Gasteiger partial charge on any atom is -0.308 e. The molecule has 0 aromatic heterocycles. The fourth-order valence-corrected chi connectivity index (χ4v) is 4.54. The maximum atomic E-state index is 13.0. The smallest absolute Gasteiger partial charge is 0.308 e. The Hall–Kier alpha value is -3.16. The van der Waals surface area contributed by atoms with E-state index in [0.717, 1.165) is 22.4 Å². The zero-order valence-electron chi connectivity index (χ0n) is 16.8. The van der Waals surface area contributed by atoms with Crippen molar-refractivity contribution in [3.05, 3.63) is 78.4 Å². The van der Waals surface area contributed by atoms with Crippen molar-refractivity contribution in [2.24, 2.45) is 0 Å². The molecule has 1 unspecified atom stereocenters. The minimum absolute atomic E-state index is 0.0730. The molecule has 4 rings (SSSR count). The molecular weight excluding hydrogens is 398 g/mol. The molecule has 2 N–H and O–H groups in total. The van der Waals surface area contributed by atoms with Crippen LogP contribution in [0.1, 0.15) is 12.5 Å². The summed E-state index contributed by atoms with van der Waals surface area (Å²) in [6.07, 6.45) is 0.600. The summed E-state index contributed by atoms with van der Waals surface area (Å²) >= 11 is 0. The summed E-state index contributed by atoms with van der Waals surface area (Å²) in [7, 11) is -2.14. The second-order valence-corrected chi connectivity index (χ2v) is 9.18. The number of benzene rings is 3. The molecule has 0 bridgehead atoms. The Morgan fingerprint density at radius 2 is 1.63 bits per heavy atom. The number of hydrogen-bond acceptors (Lipinski definition) is 3. The van der Waals surface area contributed by atoms with Crippen LogP contribution in [-0.2, 0) is 16.4 Å². The lowest BCUT2D eigenvalue weighted by molar-refractivity contribution is 0.256. The second-order valence-electron chi connectivity index (χ2n) is 7.29. The van der Waals surface area contributed by atoms with Gasteiger partial charge in [-0.25, -0.2) is 17.9 Å². The standard InChI is InChI=1S/C23H23N3O3S/c1-16-14-19-15-21(30(28,29)24-2)12-13-22(19)26(16)23(27)25-20-10-8-18(9-11-20)17-6-4-3-5-7-17/h3-13,15-16,24H,14H2,1-2H3,(H,25,27). The summed E-state index contributed by atoms with van der Waals surface area (Å²) < 4.78 is 26.5. The van der Waals surface area contributed by atoms with E-state index < -0.39 is 10.0 Å². The monoisotopic (exact) mass is 421 g/mol. The van der Waals surface area contributed by atoms with Crippen LogP contribution in [0.2, 0.25) is 0 Å². The summed E-state index contributed by atoms with van der Waals surface area (Å²) in [6, 6.07) is 22.3. The lowest BCUT2D eigenvalue weighted by Gasteiger charge is -2.23. The predicted molar refractivity (Wildman–Crippen MR) is 119 cm³/mol. The third kappa shape index (κ3) is 3.81. The molecule has 0 saturated heterocycles. The molecule has 0 radical (unpaired) electrons. The first kappa shape index (κ1) is 20.1. The van der Waals surface area contributed by atoms with E-state index in [-0.39, 0.29) is 17.0 Å². The van der Waals surface area contributed by atoms with E-state index in [9.17, 15) is 13.2 Å². The van der Waals surface area contributed by atoms with Crippen molar-refractivity contribution in [3.63, 3.8) is 0 Å². The largest absolute Gasteiger partial charge is 0.326 e. The molecule has 154 valence electrons. The molecule has 0 spiro atoms. The third-order valence-electron chi connectivity index (χ3n) is 5.31. The third-order valence-corrected chi connectivity index (χ3v) is 6.72. The summed E-state index contributed by atoms with van der Waals surface area (Å²) in [5.74, 6) is 0. The van der Waals surface area contributed by atoms with Gasteiger partial charge in [0.05, 0.1) is 4.90 Å². The molecule has 1 atom stereocenters. The van der Waals surface area contributed by atoms with Crippen molar-refractivity contribution in [1.29, 1.82) is 0 Å². The van der Waals surface area contributed by atoms with E-state index in [1.54, 1.807) is 17.0 Å². The van der Waals surface area contributed by atoms with Crippen LogP contribution in [0.3, 0.4) is 0 Å². The van der Waals surface area contributed by atoms with Gasteiger partial charge in [-0.2, -0.15) is 0 Å². The molecule has 2 amide bonds. The van der Waals surface area contributed by atoms with E-state index in [2.05, 4.69) is 10.0 Å². The Morgan fingerprint density at radius 1 is 0.967 bits per heavy atom. The minimum atomic E-state index is -3.52. The van der Waals surface area contributed by atoms with Gasteiger partial charge in [-0.05, 0) is 67.4 Å².